The van der Waals surface area contributed by atoms with Crippen molar-refractivity contribution >= 4 is 0 Å². The lowest BCUT2D eigenvalue weighted by molar-refractivity contribution is 0.213. The van der Waals surface area contributed by atoms with Crippen LogP contribution in [-0.2, 0) is 0 Å². The van der Waals surface area contributed by atoms with Crippen molar-refractivity contribution in [1.82, 2.24) is 10.2 Å². The summed E-state index contributed by atoms with van der Waals surface area (Å²) in [6.45, 7) is 7.07. The number of nitrogens with zero attached hydrogens (tertiary/aromatic N) is 1. The molecule has 0 aromatic carbocycles. The minimum absolute atomic E-state index is 0.394. The summed E-state index contributed by atoms with van der Waals surface area (Å²) in [7, 11) is 4.33. The molecule has 2 bridgehead atoms. The summed E-state index contributed by atoms with van der Waals surface area (Å²) in [6, 6.07) is 0.834. The first-order chi connectivity index (χ1) is 7.46. The molecule has 0 saturated heterocycles. The van der Waals surface area contributed by atoms with Gasteiger partial charge >= 0.3 is 0 Å². The van der Waals surface area contributed by atoms with E-state index in [2.05, 4.69) is 38.2 Å². The zero-order valence-corrected chi connectivity index (χ0v) is 11.4. The van der Waals surface area contributed by atoms with E-state index in [0.717, 1.165) is 17.9 Å². The van der Waals surface area contributed by atoms with Gasteiger partial charge in [0.25, 0.3) is 0 Å². The molecule has 0 spiro atoms. The van der Waals surface area contributed by atoms with E-state index in [1.165, 1.54) is 38.8 Å². The van der Waals surface area contributed by atoms with E-state index in [-0.39, 0.29) is 0 Å². The van der Waals surface area contributed by atoms with E-state index in [4.69, 9.17) is 0 Å². The van der Waals surface area contributed by atoms with Gasteiger partial charge < -0.3 is 10.2 Å². The van der Waals surface area contributed by atoms with E-state index in [9.17, 15) is 0 Å². The summed E-state index contributed by atoms with van der Waals surface area (Å²) >= 11 is 0. The first kappa shape index (κ1) is 12.4. The SMILES string of the molecule is CN(C)CC(C)(C)CN[C@@H]1C[C@@H]2CC[C@H]1C2. The van der Waals surface area contributed by atoms with Gasteiger partial charge in [-0.3, -0.25) is 0 Å². The normalized spacial score (nSPS) is 33.9. The highest BCUT2D eigenvalue weighted by atomic mass is 15.1. The van der Waals surface area contributed by atoms with Gasteiger partial charge in [-0.2, -0.15) is 0 Å². The van der Waals surface area contributed by atoms with Gasteiger partial charge in [-0.05, 0) is 50.6 Å². The Labute approximate surface area is 101 Å². The Morgan fingerprint density at radius 2 is 1.94 bits per heavy atom. The van der Waals surface area contributed by atoms with Crippen LogP contribution in [0, 0.1) is 17.3 Å². The average Bonchev–Trinajstić information content (AvgIpc) is 2.73. The van der Waals surface area contributed by atoms with Crippen molar-refractivity contribution in [1.29, 1.82) is 0 Å². The van der Waals surface area contributed by atoms with E-state index in [1.54, 1.807) is 0 Å². The van der Waals surface area contributed by atoms with Crippen LogP contribution in [0.5, 0.6) is 0 Å². The van der Waals surface area contributed by atoms with Crippen LogP contribution in [0.15, 0.2) is 0 Å². The molecule has 2 fully saturated rings. The standard InChI is InChI=1S/C14H28N2/c1-14(2,10-16(3)4)9-15-13-8-11-5-6-12(13)7-11/h11-13,15H,5-10H2,1-4H3/t11-,12+,13-/m1/s1. The molecule has 1 N–H and O–H groups in total. The summed E-state index contributed by atoms with van der Waals surface area (Å²) < 4.78 is 0. The van der Waals surface area contributed by atoms with E-state index < -0.39 is 0 Å². The third-order valence-corrected chi connectivity index (χ3v) is 4.33. The Kier molecular flexibility index (Phi) is 3.60. The number of nitrogens with one attached hydrogen (secondary N) is 1. The molecule has 0 amide bonds. The average molecular weight is 224 g/mol. The zero-order valence-electron chi connectivity index (χ0n) is 11.4. The Morgan fingerprint density at radius 1 is 1.19 bits per heavy atom. The third kappa shape index (κ3) is 2.98. The van der Waals surface area contributed by atoms with E-state index in [0.29, 0.717) is 5.41 Å². The largest absolute Gasteiger partial charge is 0.313 e. The molecule has 0 unspecified atom stereocenters. The minimum atomic E-state index is 0.394. The van der Waals surface area contributed by atoms with Gasteiger partial charge in [0.15, 0.2) is 0 Å². The molecule has 16 heavy (non-hydrogen) atoms. The first-order valence-corrected chi connectivity index (χ1v) is 6.84. The minimum Gasteiger partial charge on any atom is -0.313 e. The number of hydrogen-bond donors (Lipinski definition) is 1. The monoisotopic (exact) mass is 224 g/mol. The molecule has 3 atom stereocenters. The fourth-order valence-corrected chi connectivity index (χ4v) is 3.81. The van der Waals surface area contributed by atoms with Gasteiger partial charge in [0.1, 0.15) is 0 Å². The summed E-state index contributed by atoms with van der Waals surface area (Å²) in [5.74, 6) is 2.06. The van der Waals surface area contributed by atoms with Crippen LogP contribution >= 0.6 is 0 Å². The molecule has 94 valence electrons. The molecule has 2 nitrogen and oxygen atoms in total. The van der Waals surface area contributed by atoms with Crippen molar-refractivity contribution in [2.24, 2.45) is 17.3 Å². The molecule has 0 radical (unpaired) electrons. The van der Waals surface area contributed by atoms with Gasteiger partial charge in [-0.25, -0.2) is 0 Å². The Morgan fingerprint density at radius 3 is 2.44 bits per heavy atom. The summed E-state index contributed by atoms with van der Waals surface area (Å²) in [5, 5.41) is 3.83. The highest BCUT2D eigenvalue weighted by molar-refractivity contribution is 4.94. The maximum absolute atomic E-state index is 3.83. The number of hydrogen-bond acceptors (Lipinski definition) is 2. The van der Waals surface area contributed by atoms with Crippen LogP contribution in [0.2, 0.25) is 0 Å². The molecule has 0 aliphatic heterocycles. The molecular formula is C14H28N2. The van der Waals surface area contributed by atoms with Gasteiger partial charge in [0.05, 0.1) is 0 Å². The lowest BCUT2D eigenvalue weighted by Gasteiger charge is -2.32. The third-order valence-electron chi connectivity index (χ3n) is 4.33. The fourth-order valence-electron chi connectivity index (χ4n) is 3.81. The fraction of sp³-hybridized carbons (Fsp3) is 1.00. The lowest BCUT2D eigenvalue weighted by atomic mass is 9.90. The van der Waals surface area contributed by atoms with E-state index >= 15 is 0 Å². The Hall–Kier alpha value is -0.0800. The molecule has 0 heterocycles. The summed E-state index contributed by atoms with van der Waals surface area (Å²) in [6.07, 6.45) is 5.94. The second-order valence-electron chi connectivity index (χ2n) is 7.06. The van der Waals surface area contributed by atoms with Gasteiger partial charge in [0.2, 0.25) is 0 Å². The quantitative estimate of drug-likeness (QED) is 0.771. The molecule has 2 heteroatoms. The molecule has 0 aromatic heterocycles. The van der Waals surface area contributed by atoms with Crippen molar-refractivity contribution in [3.63, 3.8) is 0 Å². The van der Waals surface area contributed by atoms with Crippen molar-refractivity contribution in [3.8, 4) is 0 Å². The highest BCUT2D eigenvalue weighted by Crippen LogP contribution is 2.44. The Balaban J connectivity index is 1.74. The molecule has 2 saturated carbocycles. The van der Waals surface area contributed by atoms with Crippen LogP contribution < -0.4 is 5.32 Å². The molecular weight excluding hydrogens is 196 g/mol. The zero-order chi connectivity index (χ0) is 11.8. The van der Waals surface area contributed by atoms with Crippen molar-refractivity contribution in [2.45, 2.75) is 45.6 Å². The van der Waals surface area contributed by atoms with Crippen LogP contribution in [0.3, 0.4) is 0 Å². The van der Waals surface area contributed by atoms with Crippen LogP contribution in [-0.4, -0.2) is 38.1 Å². The molecule has 0 aromatic rings. The maximum Gasteiger partial charge on any atom is 0.00983 e. The van der Waals surface area contributed by atoms with Gasteiger partial charge in [0, 0.05) is 19.1 Å². The summed E-state index contributed by atoms with van der Waals surface area (Å²) in [5.41, 5.74) is 0.394. The van der Waals surface area contributed by atoms with Crippen molar-refractivity contribution < 1.29 is 0 Å². The molecule has 2 aliphatic carbocycles. The van der Waals surface area contributed by atoms with Crippen LogP contribution in [0.25, 0.3) is 0 Å². The smallest absolute Gasteiger partial charge is 0.00983 e. The highest BCUT2D eigenvalue weighted by Gasteiger charge is 2.39. The van der Waals surface area contributed by atoms with E-state index in [1.807, 2.05) is 0 Å². The van der Waals surface area contributed by atoms with Crippen LogP contribution in [0.1, 0.15) is 39.5 Å². The Bertz CT molecular complexity index is 235. The second kappa shape index (κ2) is 4.66. The predicted octanol–water partition coefficient (Wildman–Crippen LogP) is 2.35. The summed E-state index contributed by atoms with van der Waals surface area (Å²) in [4.78, 5) is 2.29. The topological polar surface area (TPSA) is 15.3 Å². The maximum atomic E-state index is 3.83. The van der Waals surface area contributed by atoms with Gasteiger partial charge in [-0.15, -0.1) is 0 Å². The molecule has 2 rings (SSSR count). The number of rotatable bonds is 5. The number of fused-ring (bicyclic) bond motifs is 2. The van der Waals surface area contributed by atoms with Crippen molar-refractivity contribution in [3.05, 3.63) is 0 Å². The second-order valence-corrected chi connectivity index (χ2v) is 7.06. The van der Waals surface area contributed by atoms with Crippen LogP contribution in [0.4, 0.5) is 0 Å². The van der Waals surface area contributed by atoms with Gasteiger partial charge in [-0.1, -0.05) is 20.3 Å². The first-order valence-electron chi connectivity index (χ1n) is 6.84. The lowest BCUT2D eigenvalue weighted by Crippen LogP contribution is -2.43. The van der Waals surface area contributed by atoms with Crippen molar-refractivity contribution in [2.75, 3.05) is 27.2 Å². The molecule has 2 aliphatic rings. The predicted molar refractivity (Wildman–Crippen MR) is 69.6 cm³/mol.